The number of rotatable bonds is 4. The van der Waals surface area contributed by atoms with Crippen molar-refractivity contribution in [3.8, 4) is 0 Å². The SMILES string of the molecule is C[C@@H]1CN(C[C@H]2CCCN2S(=O)(=O)C2=Cc3ccccc3CC2)C[C@H](C)O1. The summed E-state index contributed by atoms with van der Waals surface area (Å²) in [5.74, 6) is 0. The van der Waals surface area contributed by atoms with E-state index in [-0.39, 0.29) is 18.2 Å². The first-order valence-electron chi connectivity index (χ1n) is 10.1. The monoisotopic (exact) mass is 390 g/mol. The van der Waals surface area contributed by atoms with Crippen LogP contribution >= 0.6 is 0 Å². The summed E-state index contributed by atoms with van der Waals surface area (Å²) in [5.41, 5.74) is 2.29. The third-order valence-electron chi connectivity index (χ3n) is 5.94. The van der Waals surface area contributed by atoms with E-state index >= 15 is 0 Å². The van der Waals surface area contributed by atoms with Crippen LogP contribution in [0.4, 0.5) is 0 Å². The van der Waals surface area contributed by atoms with Gasteiger partial charge in [-0.1, -0.05) is 24.3 Å². The molecule has 4 rings (SSSR count). The molecule has 0 N–H and O–H groups in total. The standard InChI is InChI=1S/C21H30N2O3S/c1-16-13-22(14-17(2)26-16)15-20-8-5-11-23(20)27(24,25)21-10-9-18-6-3-4-7-19(18)12-21/h3-4,6-7,12,16-17,20H,5,8-11,13-15H2,1-2H3/t16-,17+,20-/m1/s1. The largest absolute Gasteiger partial charge is 0.373 e. The molecule has 3 aliphatic rings. The van der Waals surface area contributed by atoms with Crippen LogP contribution < -0.4 is 0 Å². The Bertz CT molecular complexity index is 810. The summed E-state index contributed by atoms with van der Waals surface area (Å²) in [7, 11) is -3.39. The zero-order chi connectivity index (χ0) is 19.0. The lowest BCUT2D eigenvalue weighted by molar-refractivity contribution is -0.0707. The van der Waals surface area contributed by atoms with Gasteiger partial charge in [0.05, 0.1) is 17.1 Å². The van der Waals surface area contributed by atoms with Crippen LogP contribution in [0, 0.1) is 0 Å². The summed E-state index contributed by atoms with van der Waals surface area (Å²) in [5, 5.41) is 0. The number of aryl methyl sites for hydroxylation is 1. The van der Waals surface area contributed by atoms with Gasteiger partial charge < -0.3 is 4.74 Å². The fraction of sp³-hybridized carbons (Fsp3) is 0.619. The molecule has 0 spiro atoms. The second kappa shape index (κ2) is 7.66. The number of benzene rings is 1. The minimum absolute atomic E-state index is 0.0746. The molecule has 0 saturated carbocycles. The second-order valence-corrected chi connectivity index (χ2v) is 10.1. The average molecular weight is 391 g/mol. The van der Waals surface area contributed by atoms with Gasteiger partial charge in [0.15, 0.2) is 0 Å². The maximum Gasteiger partial charge on any atom is 0.239 e. The van der Waals surface area contributed by atoms with Gasteiger partial charge in [0, 0.05) is 32.2 Å². The number of allylic oxidation sites excluding steroid dienone is 1. The maximum atomic E-state index is 13.4. The van der Waals surface area contributed by atoms with Gasteiger partial charge in [-0.15, -0.1) is 0 Å². The molecule has 3 atom stereocenters. The lowest BCUT2D eigenvalue weighted by Crippen LogP contribution is -2.51. The normalized spacial score (nSPS) is 30.1. The average Bonchev–Trinajstić information content (AvgIpc) is 3.09. The molecule has 1 aromatic rings. The van der Waals surface area contributed by atoms with Gasteiger partial charge in [0.1, 0.15) is 0 Å². The summed E-state index contributed by atoms with van der Waals surface area (Å²) in [4.78, 5) is 2.96. The summed E-state index contributed by atoms with van der Waals surface area (Å²) in [6, 6.07) is 8.18. The van der Waals surface area contributed by atoms with E-state index in [1.807, 2.05) is 24.3 Å². The Labute approximate surface area is 163 Å². The van der Waals surface area contributed by atoms with Crippen LogP contribution in [0.15, 0.2) is 29.2 Å². The smallest absolute Gasteiger partial charge is 0.239 e. The Hall–Kier alpha value is -1.21. The third-order valence-corrected chi connectivity index (χ3v) is 8.02. The zero-order valence-corrected chi connectivity index (χ0v) is 17.1. The molecule has 2 heterocycles. The first-order valence-corrected chi connectivity index (χ1v) is 11.6. The van der Waals surface area contributed by atoms with Crippen molar-refractivity contribution >= 4 is 16.1 Å². The summed E-state index contributed by atoms with van der Waals surface area (Å²) >= 11 is 0. The van der Waals surface area contributed by atoms with Crippen molar-refractivity contribution < 1.29 is 13.2 Å². The predicted octanol–water partition coefficient (Wildman–Crippen LogP) is 2.88. The minimum Gasteiger partial charge on any atom is -0.373 e. The van der Waals surface area contributed by atoms with E-state index in [2.05, 4.69) is 24.8 Å². The van der Waals surface area contributed by atoms with E-state index in [0.29, 0.717) is 17.9 Å². The maximum absolute atomic E-state index is 13.4. The number of morpholine rings is 1. The number of hydrogen-bond donors (Lipinski definition) is 0. The molecule has 148 valence electrons. The van der Waals surface area contributed by atoms with Crippen molar-refractivity contribution in [3.05, 3.63) is 40.3 Å². The first kappa shape index (κ1) is 19.1. The lowest BCUT2D eigenvalue weighted by atomic mass is 9.98. The van der Waals surface area contributed by atoms with E-state index in [1.54, 1.807) is 4.31 Å². The van der Waals surface area contributed by atoms with Crippen LogP contribution in [-0.2, 0) is 21.2 Å². The molecular formula is C21H30N2O3S. The first-order chi connectivity index (χ1) is 12.9. The highest BCUT2D eigenvalue weighted by Gasteiger charge is 2.38. The van der Waals surface area contributed by atoms with Crippen molar-refractivity contribution in [2.75, 3.05) is 26.2 Å². The van der Waals surface area contributed by atoms with E-state index in [4.69, 9.17) is 4.74 Å². The molecule has 0 unspecified atom stereocenters. The van der Waals surface area contributed by atoms with Crippen LogP contribution in [-0.4, -0.2) is 62.1 Å². The Kier molecular flexibility index (Phi) is 5.43. The third kappa shape index (κ3) is 3.99. The quantitative estimate of drug-likeness (QED) is 0.793. The molecule has 1 aromatic carbocycles. The van der Waals surface area contributed by atoms with Crippen molar-refractivity contribution in [2.24, 2.45) is 0 Å². The van der Waals surface area contributed by atoms with Gasteiger partial charge in [-0.25, -0.2) is 8.42 Å². The molecular weight excluding hydrogens is 360 g/mol. The van der Waals surface area contributed by atoms with Gasteiger partial charge in [-0.05, 0) is 56.7 Å². The number of hydrogen-bond acceptors (Lipinski definition) is 4. The summed E-state index contributed by atoms with van der Waals surface area (Å²) < 4.78 is 34.4. The number of ether oxygens (including phenoxy) is 1. The molecule has 0 amide bonds. The van der Waals surface area contributed by atoms with Crippen molar-refractivity contribution in [3.63, 3.8) is 0 Å². The van der Waals surface area contributed by atoms with Crippen molar-refractivity contribution in [2.45, 2.75) is 57.8 Å². The van der Waals surface area contributed by atoms with Gasteiger partial charge in [0.25, 0.3) is 0 Å². The van der Waals surface area contributed by atoms with Gasteiger partial charge in [-0.3, -0.25) is 4.90 Å². The van der Waals surface area contributed by atoms with E-state index < -0.39 is 10.0 Å². The lowest BCUT2D eigenvalue weighted by Gasteiger charge is -2.38. The van der Waals surface area contributed by atoms with E-state index in [1.165, 1.54) is 5.56 Å². The Morgan fingerprint density at radius 1 is 1.11 bits per heavy atom. The Balaban J connectivity index is 1.52. The van der Waals surface area contributed by atoms with Crippen LogP contribution in [0.1, 0.15) is 44.2 Å². The molecule has 6 heteroatoms. The molecule has 0 radical (unpaired) electrons. The molecule has 27 heavy (non-hydrogen) atoms. The van der Waals surface area contributed by atoms with Gasteiger partial charge in [-0.2, -0.15) is 4.31 Å². The highest BCUT2D eigenvalue weighted by Crippen LogP contribution is 2.33. The molecule has 5 nitrogen and oxygen atoms in total. The molecule has 1 aliphatic carbocycles. The zero-order valence-electron chi connectivity index (χ0n) is 16.3. The highest BCUT2D eigenvalue weighted by atomic mass is 32.2. The number of nitrogens with zero attached hydrogens (tertiary/aromatic N) is 2. The minimum atomic E-state index is -3.39. The van der Waals surface area contributed by atoms with Crippen molar-refractivity contribution in [1.29, 1.82) is 0 Å². The molecule has 0 aromatic heterocycles. The van der Waals surface area contributed by atoms with Crippen LogP contribution in [0.25, 0.3) is 6.08 Å². The van der Waals surface area contributed by atoms with Crippen LogP contribution in [0.3, 0.4) is 0 Å². The van der Waals surface area contributed by atoms with Gasteiger partial charge >= 0.3 is 0 Å². The van der Waals surface area contributed by atoms with Crippen molar-refractivity contribution in [1.82, 2.24) is 9.21 Å². The van der Waals surface area contributed by atoms with Gasteiger partial charge in [0.2, 0.25) is 10.0 Å². The Morgan fingerprint density at radius 2 is 1.85 bits per heavy atom. The fourth-order valence-electron chi connectivity index (χ4n) is 4.80. The summed E-state index contributed by atoms with van der Waals surface area (Å²) in [6.07, 6.45) is 5.61. The molecule has 2 aliphatic heterocycles. The predicted molar refractivity (Wildman–Crippen MR) is 108 cm³/mol. The molecule has 2 saturated heterocycles. The van der Waals surface area contributed by atoms with Crippen LogP contribution in [0.5, 0.6) is 0 Å². The number of sulfonamides is 1. The van der Waals surface area contributed by atoms with E-state index in [0.717, 1.165) is 44.5 Å². The molecule has 0 bridgehead atoms. The second-order valence-electron chi connectivity index (χ2n) is 8.20. The summed E-state index contributed by atoms with van der Waals surface area (Å²) in [6.45, 7) is 7.39. The Morgan fingerprint density at radius 3 is 2.63 bits per heavy atom. The molecule has 2 fully saturated rings. The topological polar surface area (TPSA) is 49.9 Å². The highest BCUT2D eigenvalue weighted by molar-refractivity contribution is 7.93. The van der Waals surface area contributed by atoms with E-state index in [9.17, 15) is 8.42 Å². The fourth-order valence-corrected chi connectivity index (χ4v) is 6.67. The van der Waals surface area contributed by atoms with Crippen LogP contribution in [0.2, 0.25) is 0 Å². The number of fused-ring (bicyclic) bond motifs is 1.